The monoisotopic (exact) mass is 295 g/mol. The Hall–Kier alpha value is -2.20. The summed E-state index contributed by atoms with van der Waals surface area (Å²) in [4.78, 5) is 1.14. The molecule has 106 valence electrons. The summed E-state index contributed by atoms with van der Waals surface area (Å²) in [5, 5.41) is 4.23. The summed E-state index contributed by atoms with van der Waals surface area (Å²) in [6.45, 7) is 2.09. The van der Waals surface area contributed by atoms with Crippen LogP contribution in [0.1, 0.15) is 11.1 Å². The van der Waals surface area contributed by atoms with Crippen LogP contribution in [0.15, 0.2) is 65.8 Å². The minimum absolute atomic E-state index is 0.846. The van der Waals surface area contributed by atoms with Gasteiger partial charge in [0.15, 0.2) is 0 Å². The molecule has 0 aliphatic heterocycles. The van der Waals surface area contributed by atoms with Crippen LogP contribution in [0.3, 0.4) is 0 Å². The molecule has 0 fully saturated rings. The highest BCUT2D eigenvalue weighted by Crippen LogP contribution is 2.29. The normalized spacial score (nSPS) is 10.7. The second-order valence-corrected chi connectivity index (χ2v) is 5.96. The van der Waals surface area contributed by atoms with Gasteiger partial charge in [-0.3, -0.25) is 0 Å². The smallest absolute Gasteiger partial charge is 0.0645 e. The van der Waals surface area contributed by atoms with Gasteiger partial charge < -0.3 is 5.73 Å². The highest BCUT2D eigenvalue weighted by molar-refractivity contribution is 7.98. The minimum atomic E-state index is 0.846. The van der Waals surface area contributed by atoms with E-state index in [-0.39, 0.29) is 0 Å². The van der Waals surface area contributed by atoms with E-state index >= 15 is 0 Å². The van der Waals surface area contributed by atoms with Crippen LogP contribution < -0.4 is 5.73 Å². The van der Waals surface area contributed by atoms with E-state index in [0.29, 0.717) is 0 Å². The number of nitrogen functional groups attached to an aromatic ring is 1. The van der Waals surface area contributed by atoms with Crippen molar-refractivity contribution in [2.75, 3.05) is 5.73 Å². The number of rotatable bonds is 4. The molecular weight excluding hydrogens is 278 g/mol. The third-order valence-corrected chi connectivity index (χ3v) is 4.41. The number of nitrogens with zero attached hydrogens (tertiary/aromatic N) is 2. The molecule has 0 radical (unpaired) electrons. The first-order valence-electron chi connectivity index (χ1n) is 6.80. The van der Waals surface area contributed by atoms with Crippen molar-refractivity contribution in [2.24, 2.45) is 0 Å². The van der Waals surface area contributed by atoms with Crippen molar-refractivity contribution in [2.45, 2.75) is 17.6 Å². The van der Waals surface area contributed by atoms with E-state index in [1.165, 1.54) is 11.1 Å². The Morgan fingerprint density at radius 3 is 2.67 bits per heavy atom. The quantitative estimate of drug-likeness (QED) is 0.583. The lowest BCUT2D eigenvalue weighted by Crippen LogP contribution is -1.94. The minimum Gasteiger partial charge on any atom is -0.398 e. The molecule has 2 aromatic carbocycles. The maximum absolute atomic E-state index is 6.01. The summed E-state index contributed by atoms with van der Waals surface area (Å²) >= 11 is 1.77. The van der Waals surface area contributed by atoms with Crippen LogP contribution in [-0.2, 0) is 5.75 Å². The van der Waals surface area contributed by atoms with E-state index in [2.05, 4.69) is 42.4 Å². The van der Waals surface area contributed by atoms with Crippen LogP contribution in [-0.4, -0.2) is 9.78 Å². The van der Waals surface area contributed by atoms with Crippen molar-refractivity contribution in [1.29, 1.82) is 0 Å². The zero-order chi connectivity index (χ0) is 14.7. The van der Waals surface area contributed by atoms with Crippen molar-refractivity contribution in [3.63, 3.8) is 0 Å². The van der Waals surface area contributed by atoms with Gasteiger partial charge in [-0.1, -0.05) is 18.2 Å². The molecule has 0 amide bonds. The zero-order valence-electron chi connectivity index (χ0n) is 11.9. The lowest BCUT2D eigenvalue weighted by Gasteiger charge is -2.07. The topological polar surface area (TPSA) is 43.8 Å². The molecule has 2 N–H and O–H groups in total. The van der Waals surface area contributed by atoms with Gasteiger partial charge in [0.1, 0.15) is 0 Å². The SMILES string of the molecule is Cc1ccc(N)c(SCc2ccc(-n3cccn3)cc2)c1. The number of hydrogen-bond donors (Lipinski definition) is 1. The molecule has 3 aromatic rings. The van der Waals surface area contributed by atoms with E-state index in [1.54, 1.807) is 18.0 Å². The van der Waals surface area contributed by atoms with Gasteiger partial charge in [-0.25, -0.2) is 4.68 Å². The maximum atomic E-state index is 6.01. The summed E-state index contributed by atoms with van der Waals surface area (Å²) in [5.74, 6) is 0.910. The van der Waals surface area contributed by atoms with Crippen molar-refractivity contribution in [3.8, 4) is 5.69 Å². The van der Waals surface area contributed by atoms with Gasteiger partial charge in [0, 0.05) is 28.7 Å². The van der Waals surface area contributed by atoms with Crippen LogP contribution in [0.5, 0.6) is 0 Å². The van der Waals surface area contributed by atoms with Crippen molar-refractivity contribution >= 4 is 17.4 Å². The highest BCUT2D eigenvalue weighted by Gasteiger charge is 2.02. The molecule has 0 spiro atoms. The van der Waals surface area contributed by atoms with Crippen LogP contribution in [0.25, 0.3) is 5.69 Å². The summed E-state index contributed by atoms with van der Waals surface area (Å²) in [6.07, 6.45) is 3.72. The summed E-state index contributed by atoms with van der Waals surface area (Å²) in [7, 11) is 0. The number of thioether (sulfide) groups is 1. The largest absolute Gasteiger partial charge is 0.398 e. The molecule has 4 heteroatoms. The fourth-order valence-corrected chi connectivity index (χ4v) is 3.11. The average Bonchev–Trinajstić information content (AvgIpc) is 3.03. The standard InChI is InChI=1S/C17H17N3S/c1-13-3-8-16(18)17(11-13)21-12-14-4-6-15(7-5-14)20-10-2-9-19-20/h2-11H,12,18H2,1H3. The molecule has 3 nitrogen and oxygen atoms in total. The molecular formula is C17H17N3S. The van der Waals surface area contributed by atoms with Crippen molar-refractivity contribution in [3.05, 3.63) is 72.1 Å². The molecule has 0 saturated heterocycles. The van der Waals surface area contributed by atoms with Crippen LogP contribution in [0.2, 0.25) is 0 Å². The Morgan fingerprint density at radius 1 is 1.14 bits per heavy atom. The average molecular weight is 295 g/mol. The number of aryl methyl sites for hydroxylation is 1. The van der Waals surface area contributed by atoms with Gasteiger partial charge in [0.2, 0.25) is 0 Å². The first-order valence-corrected chi connectivity index (χ1v) is 7.79. The predicted molar refractivity (Wildman–Crippen MR) is 88.7 cm³/mol. The molecule has 3 rings (SSSR count). The second-order valence-electron chi connectivity index (χ2n) is 4.95. The molecule has 0 aliphatic rings. The number of nitrogens with two attached hydrogens (primary N) is 1. The first-order chi connectivity index (χ1) is 10.2. The number of hydrogen-bond acceptors (Lipinski definition) is 3. The molecule has 1 heterocycles. The van der Waals surface area contributed by atoms with Crippen molar-refractivity contribution in [1.82, 2.24) is 9.78 Å². The molecule has 21 heavy (non-hydrogen) atoms. The van der Waals surface area contributed by atoms with Gasteiger partial charge in [-0.15, -0.1) is 11.8 Å². The number of benzene rings is 2. The van der Waals surface area contributed by atoms with E-state index in [9.17, 15) is 0 Å². The molecule has 0 unspecified atom stereocenters. The number of anilines is 1. The lowest BCUT2D eigenvalue weighted by atomic mass is 10.2. The zero-order valence-corrected chi connectivity index (χ0v) is 12.7. The van der Waals surface area contributed by atoms with Gasteiger partial charge in [-0.05, 0) is 48.4 Å². The third-order valence-electron chi connectivity index (χ3n) is 3.27. The Labute approximate surface area is 128 Å². The van der Waals surface area contributed by atoms with Gasteiger partial charge in [0.05, 0.1) is 5.69 Å². The van der Waals surface area contributed by atoms with E-state index < -0.39 is 0 Å². The van der Waals surface area contributed by atoms with Crippen LogP contribution in [0.4, 0.5) is 5.69 Å². The summed E-state index contributed by atoms with van der Waals surface area (Å²) < 4.78 is 1.86. The molecule has 0 atom stereocenters. The Bertz CT molecular complexity index is 718. The maximum Gasteiger partial charge on any atom is 0.0645 e. The predicted octanol–water partition coefficient (Wildman–Crippen LogP) is 4.06. The van der Waals surface area contributed by atoms with Crippen LogP contribution in [0, 0.1) is 6.92 Å². The highest BCUT2D eigenvalue weighted by atomic mass is 32.2. The van der Waals surface area contributed by atoms with Gasteiger partial charge in [-0.2, -0.15) is 5.10 Å². The number of aromatic nitrogens is 2. The van der Waals surface area contributed by atoms with E-state index in [1.807, 2.05) is 29.1 Å². The third kappa shape index (κ3) is 3.28. The molecule has 0 saturated carbocycles. The summed E-state index contributed by atoms with van der Waals surface area (Å²) in [5.41, 5.74) is 10.4. The molecule has 0 bridgehead atoms. The first kappa shape index (κ1) is 13.8. The van der Waals surface area contributed by atoms with E-state index in [0.717, 1.165) is 22.0 Å². The van der Waals surface area contributed by atoms with Crippen LogP contribution >= 0.6 is 11.8 Å². The Kier molecular flexibility index (Phi) is 3.97. The van der Waals surface area contributed by atoms with Gasteiger partial charge in [0.25, 0.3) is 0 Å². The Morgan fingerprint density at radius 2 is 1.95 bits per heavy atom. The molecule has 0 aliphatic carbocycles. The van der Waals surface area contributed by atoms with Gasteiger partial charge >= 0.3 is 0 Å². The van der Waals surface area contributed by atoms with Crippen molar-refractivity contribution < 1.29 is 0 Å². The van der Waals surface area contributed by atoms with E-state index in [4.69, 9.17) is 5.73 Å². The fraction of sp³-hybridized carbons (Fsp3) is 0.118. The Balaban J connectivity index is 1.70. The second kappa shape index (κ2) is 6.06. The fourth-order valence-electron chi connectivity index (χ4n) is 2.09. The lowest BCUT2D eigenvalue weighted by molar-refractivity contribution is 0.880. The molecule has 1 aromatic heterocycles. The summed E-state index contributed by atoms with van der Waals surface area (Å²) in [6, 6.07) is 16.5.